The molecule has 10 heteroatoms. The molecule has 1 atom stereocenters. The van der Waals surface area contributed by atoms with Crippen molar-refractivity contribution < 1.29 is 36.2 Å². The normalized spacial score (nSPS) is 8.07. The maximum atomic E-state index is 9.85. The van der Waals surface area contributed by atoms with Crippen LogP contribution in [0.25, 0.3) is 0 Å². The molecular weight excluding hydrogens is 234 g/mol. The van der Waals surface area contributed by atoms with Crippen LogP contribution >= 0.6 is 12.4 Å². The molecule has 0 aromatic heterocycles. The summed E-state index contributed by atoms with van der Waals surface area (Å²) in [5, 5.41) is 16.0. The van der Waals surface area contributed by atoms with Crippen LogP contribution < -0.4 is 5.73 Å². The number of hydrogen-bond donors (Lipinski definition) is 3. The molecule has 86 valence electrons. The van der Waals surface area contributed by atoms with E-state index < -0.39 is 24.4 Å². The van der Waals surface area contributed by atoms with Crippen molar-refractivity contribution >= 4 is 47.4 Å². The van der Waals surface area contributed by atoms with Crippen LogP contribution in [-0.4, -0.2) is 67.7 Å². The minimum atomic E-state index is -1.29. The van der Waals surface area contributed by atoms with E-state index in [1.807, 2.05) is 0 Å². The van der Waals surface area contributed by atoms with E-state index in [1.165, 1.54) is 0 Å². The van der Waals surface area contributed by atoms with Crippen molar-refractivity contribution in [2.75, 3.05) is 0 Å². The summed E-state index contributed by atoms with van der Waals surface area (Å²) < 4.78 is 0. The molecule has 0 aliphatic carbocycles. The number of rotatable bonds is 3. The van der Waals surface area contributed by atoms with Crippen LogP contribution in [0.2, 0.25) is 0 Å². The number of nitrogens with two attached hydrogens (primary N) is 1. The van der Waals surface area contributed by atoms with Gasteiger partial charge in [-0.3, -0.25) is 9.59 Å². The summed E-state index contributed by atoms with van der Waals surface area (Å²) in [6.07, 6.45) is -0.532. The average molecular weight is 248 g/mol. The molecular formula is C4H14ClMgNO7. The molecule has 8 nitrogen and oxygen atoms in total. The Bertz CT molecular complexity index is 146. The highest BCUT2D eigenvalue weighted by Gasteiger charge is 2.14. The lowest BCUT2D eigenvalue weighted by Gasteiger charge is -1.99. The number of hydrogen-bond acceptors (Lipinski definition) is 3. The van der Waals surface area contributed by atoms with E-state index >= 15 is 0 Å². The Morgan fingerprint density at radius 2 is 1.43 bits per heavy atom. The fourth-order valence-electron chi connectivity index (χ4n) is 0.275. The first kappa shape index (κ1) is 37.1. The molecule has 0 aliphatic heterocycles. The zero-order valence-electron chi connectivity index (χ0n) is 7.19. The lowest BCUT2D eigenvalue weighted by molar-refractivity contribution is -0.144. The van der Waals surface area contributed by atoms with E-state index in [0.29, 0.717) is 0 Å². The van der Waals surface area contributed by atoms with Gasteiger partial charge in [-0.2, -0.15) is 0 Å². The molecule has 0 saturated carbocycles. The molecule has 10 N–H and O–H groups in total. The largest absolute Gasteiger partial charge is 0.481 e. The fourth-order valence-corrected chi connectivity index (χ4v) is 0.275. The molecule has 0 unspecified atom stereocenters. The van der Waals surface area contributed by atoms with Gasteiger partial charge in [-0.05, 0) is 0 Å². The van der Waals surface area contributed by atoms with Gasteiger partial charge in [0.2, 0.25) is 0 Å². The van der Waals surface area contributed by atoms with Crippen molar-refractivity contribution in [3.8, 4) is 0 Å². The number of carboxylic acids is 2. The van der Waals surface area contributed by atoms with Crippen LogP contribution in [0.1, 0.15) is 6.42 Å². The van der Waals surface area contributed by atoms with E-state index in [0.717, 1.165) is 0 Å². The van der Waals surface area contributed by atoms with Crippen LogP contribution in [0, 0.1) is 0 Å². The quantitative estimate of drug-likeness (QED) is 0.433. The Morgan fingerprint density at radius 3 is 1.50 bits per heavy atom. The zero-order valence-corrected chi connectivity index (χ0v) is 9.42. The molecule has 0 rings (SSSR count). The molecule has 0 amide bonds. The van der Waals surface area contributed by atoms with Gasteiger partial charge in [0.1, 0.15) is 6.04 Å². The first-order valence-electron chi connectivity index (χ1n) is 2.24. The summed E-state index contributed by atoms with van der Waals surface area (Å²) in [6, 6.07) is -1.29. The highest BCUT2D eigenvalue weighted by molar-refractivity contribution is 5.85. The maximum absolute atomic E-state index is 9.85. The average Bonchev–Trinajstić information content (AvgIpc) is 1.63. The van der Waals surface area contributed by atoms with Crippen molar-refractivity contribution in [1.82, 2.24) is 0 Å². The summed E-state index contributed by atoms with van der Waals surface area (Å²) in [5.41, 5.74) is 4.84. The Hall–Kier alpha value is -0.164. The Morgan fingerprint density at radius 1 is 1.14 bits per heavy atom. The first-order chi connectivity index (χ1) is 4.04. The SMILES string of the molecule is Cl.N[C@@H](CC(=O)O)C(=O)O.O.O.O.[Mg]. The van der Waals surface area contributed by atoms with Gasteiger partial charge in [-0.15, -0.1) is 12.4 Å². The first-order valence-corrected chi connectivity index (χ1v) is 2.24. The second-order valence-corrected chi connectivity index (χ2v) is 1.54. The zero-order chi connectivity index (χ0) is 7.44. The number of carbonyl (C=O) groups is 2. The molecule has 0 aromatic rings. The monoisotopic (exact) mass is 247 g/mol. The van der Waals surface area contributed by atoms with Gasteiger partial charge >= 0.3 is 11.9 Å². The van der Waals surface area contributed by atoms with Crippen LogP contribution in [0.3, 0.4) is 0 Å². The van der Waals surface area contributed by atoms with E-state index in [1.54, 1.807) is 0 Å². The molecule has 0 bridgehead atoms. The van der Waals surface area contributed by atoms with Gasteiger partial charge in [0.15, 0.2) is 0 Å². The topological polar surface area (TPSA) is 195 Å². The smallest absolute Gasteiger partial charge is 0.321 e. The number of aliphatic carboxylic acids is 2. The van der Waals surface area contributed by atoms with Crippen molar-refractivity contribution in [3.05, 3.63) is 0 Å². The second kappa shape index (κ2) is 18.6. The minimum absolute atomic E-state index is 0. The van der Waals surface area contributed by atoms with Gasteiger partial charge in [0, 0.05) is 23.1 Å². The van der Waals surface area contributed by atoms with Crippen molar-refractivity contribution in [3.63, 3.8) is 0 Å². The van der Waals surface area contributed by atoms with Crippen LogP contribution in [0.4, 0.5) is 0 Å². The summed E-state index contributed by atoms with van der Waals surface area (Å²) in [5.74, 6) is -2.50. The van der Waals surface area contributed by atoms with Crippen LogP contribution in [0.5, 0.6) is 0 Å². The molecule has 0 aliphatic rings. The van der Waals surface area contributed by atoms with Gasteiger partial charge in [-0.25, -0.2) is 0 Å². The number of halogens is 1. The summed E-state index contributed by atoms with van der Waals surface area (Å²) in [7, 11) is 0. The molecule has 0 spiro atoms. The molecule has 0 fully saturated rings. The molecule has 0 aromatic carbocycles. The Kier molecular flexibility index (Phi) is 49.3. The summed E-state index contributed by atoms with van der Waals surface area (Å²) in [6.45, 7) is 0. The third-order valence-electron chi connectivity index (χ3n) is 0.712. The molecule has 14 heavy (non-hydrogen) atoms. The lowest BCUT2D eigenvalue weighted by atomic mass is 10.2. The lowest BCUT2D eigenvalue weighted by Crippen LogP contribution is -2.32. The van der Waals surface area contributed by atoms with Crippen molar-refractivity contribution in [2.24, 2.45) is 5.73 Å². The maximum Gasteiger partial charge on any atom is 0.321 e. The Balaban J connectivity index is -0.0000000320. The third-order valence-corrected chi connectivity index (χ3v) is 0.712. The molecule has 0 heterocycles. The third kappa shape index (κ3) is 22.6. The van der Waals surface area contributed by atoms with E-state index in [9.17, 15) is 9.59 Å². The van der Waals surface area contributed by atoms with Gasteiger partial charge < -0.3 is 32.4 Å². The Labute approximate surface area is 102 Å². The van der Waals surface area contributed by atoms with E-state index in [2.05, 4.69) is 0 Å². The van der Waals surface area contributed by atoms with E-state index in [4.69, 9.17) is 15.9 Å². The standard InChI is InChI=1S/C4H7NO4.ClH.Mg.3H2O/c5-2(4(8)9)1-3(6)7;;;;;/h2H,1,5H2,(H,6,7)(H,8,9);1H;;3*1H2/t2-;;;;;/m0...../s1. The predicted molar refractivity (Wildman–Crippen MR) is 51.7 cm³/mol. The predicted octanol–water partition coefficient (Wildman–Crippen LogP) is -3.56. The van der Waals surface area contributed by atoms with Crippen molar-refractivity contribution in [2.45, 2.75) is 12.5 Å². The fraction of sp³-hybridized carbons (Fsp3) is 0.500. The van der Waals surface area contributed by atoms with Gasteiger partial charge in [-0.1, -0.05) is 0 Å². The number of carboxylic acid groups (broad SMARTS) is 2. The van der Waals surface area contributed by atoms with Crippen LogP contribution in [0.15, 0.2) is 0 Å². The van der Waals surface area contributed by atoms with E-state index in [-0.39, 0.29) is 51.9 Å². The highest BCUT2D eigenvalue weighted by Crippen LogP contribution is 1.86. The second-order valence-electron chi connectivity index (χ2n) is 1.54. The van der Waals surface area contributed by atoms with Gasteiger partial charge in [0.25, 0.3) is 0 Å². The summed E-state index contributed by atoms with van der Waals surface area (Å²) >= 11 is 0. The molecule has 2 radical (unpaired) electrons. The highest BCUT2D eigenvalue weighted by atomic mass is 35.5. The summed E-state index contributed by atoms with van der Waals surface area (Å²) in [4.78, 5) is 19.6. The molecule has 0 saturated heterocycles. The van der Waals surface area contributed by atoms with Gasteiger partial charge in [0.05, 0.1) is 6.42 Å². The minimum Gasteiger partial charge on any atom is -0.481 e. The van der Waals surface area contributed by atoms with Crippen LogP contribution in [-0.2, 0) is 9.59 Å². The van der Waals surface area contributed by atoms with Crippen molar-refractivity contribution in [1.29, 1.82) is 0 Å².